The molecule has 4 rings (SSSR count). The fourth-order valence-corrected chi connectivity index (χ4v) is 4.47. The lowest BCUT2D eigenvalue weighted by molar-refractivity contribution is 0.0982. The van der Waals surface area contributed by atoms with Crippen molar-refractivity contribution in [3.8, 4) is 0 Å². The topological polar surface area (TPSA) is 102 Å². The first-order valence-corrected chi connectivity index (χ1v) is 11.8. The van der Waals surface area contributed by atoms with Crippen LogP contribution in [0.25, 0.3) is 0 Å². The number of nitrogens with one attached hydrogen (secondary N) is 2. The second-order valence-corrected chi connectivity index (χ2v) is 10.0. The summed E-state index contributed by atoms with van der Waals surface area (Å²) in [7, 11) is -0.973. The minimum atomic E-state index is -2.78. The summed E-state index contributed by atoms with van der Waals surface area (Å²) in [5.41, 5.74) is 1.43. The first-order valence-electron chi connectivity index (χ1n) is 9.10. The molecule has 1 aliphatic rings. The van der Waals surface area contributed by atoms with Crippen LogP contribution >= 0.6 is 23.2 Å². The van der Waals surface area contributed by atoms with Gasteiger partial charge in [-0.05, 0) is 36.4 Å². The third-order valence-corrected chi connectivity index (χ3v) is 6.51. The van der Waals surface area contributed by atoms with Crippen LogP contribution in [-0.2, 0) is 9.73 Å². The van der Waals surface area contributed by atoms with Crippen molar-refractivity contribution in [1.29, 1.82) is 4.78 Å². The summed E-state index contributed by atoms with van der Waals surface area (Å²) >= 11 is 12.6. The predicted molar refractivity (Wildman–Crippen MR) is 123 cm³/mol. The highest BCUT2D eigenvalue weighted by atomic mass is 35.5. The van der Waals surface area contributed by atoms with Crippen LogP contribution in [0.15, 0.2) is 53.6 Å². The van der Waals surface area contributed by atoms with Gasteiger partial charge in [-0.2, -0.15) is 4.98 Å². The summed E-state index contributed by atoms with van der Waals surface area (Å²) in [6.45, 7) is 0.217. The van der Waals surface area contributed by atoms with Gasteiger partial charge < -0.3 is 10.2 Å². The average Bonchev–Trinajstić information content (AvgIpc) is 2.71. The summed E-state index contributed by atoms with van der Waals surface area (Å²) < 4.78 is 19.5. The molecule has 1 amide bonds. The zero-order chi connectivity index (χ0) is 22.3. The fraction of sp³-hybridized carbons (Fsp3) is 0.150. The molecule has 0 spiro atoms. The van der Waals surface area contributed by atoms with E-state index in [-0.39, 0.29) is 12.6 Å². The van der Waals surface area contributed by atoms with Crippen LogP contribution in [0.2, 0.25) is 10.0 Å². The Bertz CT molecular complexity index is 1260. The van der Waals surface area contributed by atoms with Crippen molar-refractivity contribution >= 4 is 62.0 Å². The SMILES string of the molecule is CN1CN(c2c(Cl)cccc2Cl)C(=O)c2cnc(Nc3ccc(S(C)(=N)=O)cc3)nc21. The Morgan fingerprint density at radius 2 is 1.77 bits per heavy atom. The largest absolute Gasteiger partial charge is 0.341 e. The maximum absolute atomic E-state index is 13.1. The van der Waals surface area contributed by atoms with E-state index in [1.165, 1.54) is 17.4 Å². The number of rotatable bonds is 4. The van der Waals surface area contributed by atoms with Gasteiger partial charge in [0.25, 0.3) is 5.91 Å². The van der Waals surface area contributed by atoms with Gasteiger partial charge in [0.2, 0.25) is 5.95 Å². The molecule has 2 N–H and O–H groups in total. The summed E-state index contributed by atoms with van der Waals surface area (Å²) in [6, 6.07) is 11.7. The molecule has 8 nitrogen and oxygen atoms in total. The molecule has 2 aromatic carbocycles. The van der Waals surface area contributed by atoms with Crippen LogP contribution in [-0.4, -0.2) is 40.1 Å². The normalized spacial score (nSPS) is 15.4. The molecule has 1 atom stereocenters. The van der Waals surface area contributed by atoms with Crippen molar-refractivity contribution in [3.63, 3.8) is 0 Å². The number of anilines is 4. The molecule has 160 valence electrons. The third-order valence-electron chi connectivity index (χ3n) is 4.73. The zero-order valence-electron chi connectivity index (χ0n) is 16.6. The predicted octanol–water partition coefficient (Wildman–Crippen LogP) is 4.62. The molecule has 1 unspecified atom stereocenters. The number of benzene rings is 2. The summed E-state index contributed by atoms with van der Waals surface area (Å²) in [4.78, 5) is 25.6. The molecule has 11 heteroatoms. The molecule has 3 aromatic rings. The van der Waals surface area contributed by atoms with Gasteiger partial charge >= 0.3 is 0 Å². The van der Waals surface area contributed by atoms with E-state index in [1.54, 1.807) is 54.4 Å². The minimum absolute atomic E-state index is 0.217. The van der Waals surface area contributed by atoms with E-state index in [0.29, 0.717) is 43.6 Å². The second kappa shape index (κ2) is 7.99. The van der Waals surface area contributed by atoms with Gasteiger partial charge in [-0.3, -0.25) is 9.69 Å². The van der Waals surface area contributed by atoms with Gasteiger partial charge in [0, 0.05) is 30.1 Å². The molecule has 0 fully saturated rings. The summed E-state index contributed by atoms with van der Waals surface area (Å²) in [5, 5.41) is 3.82. The number of aromatic nitrogens is 2. The molecule has 0 saturated carbocycles. The highest BCUT2D eigenvalue weighted by Crippen LogP contribution is 2.37. The molecule has 0 radical (unpaired) electrons. The first-order chi connectivity index (χ1) is 14.6. The molecule has 1 aliphatic heterocycles. The maximum atomic E-state index is 13.1. The van der Waals surface area contributed by atoms with Crippen molar-refractivity contribution in [3.05, 3.63) is 64.3 Å². The van der Waals surface area contributed by atoms with Gasteiger partial charge in [0.15, 0.2) is 0 Å². The van der Waals surface area contributed by atoms with E-state index in [9.17, 15) is 9.00 Å². The molecule has 0 saturated heterocycles. The van der Waals surface area contributed by atoms with Gasteiger partial charge in [-0.25, -0.2) is 14.0 Å². The van der Waals surface area contributed by atoms with Gasteiger partial charge in [0.1, 0.15) is 11.4 Å². The van der Waals surface area contributed by atoms with Crippen molar-refractivity contribution in [2.75, 3.05) is 35.1 Å². The Morgan fingerprint density at radius 1 is 1.13 bits per heavy atom. The smallest absolute Gasteiger partial charge is 0.265 e. The lowest BCUT2D eigenvalue weighted by Gasteiger charge is -2.35. The standard InChI is InChI=1S/C20H18Cl2N6O2S/c1-27-11-28(17-15(21)4-3-5-16(17)22)19(29)14-10-24-20(26-18(14)27)25-12-6-8-13(9-7-12)31(2,23)30/h3-10,23H,11H2,1-2H3,(H,24,25,26). The zero-order valence-corrected chi connectivity index (χ0v) is 18.9. The maximum Gasteiger partial charge on any atom is 0.265 e. The fourth-order valence-electron chi connectivity index (χ4n) is 3.21. The highest BCUT2D eigenvalue weighted by molar-refractivity contribution is 7.91. The Morgan fingerprint density at radius 3 is 2.39 bits per heavy atom. The van der Waals surface area contributed by atoms with Gasteiger partial charge in [-0.15, -0.1) is 0 Å². The van der Waals surface area contributed by atoms with E-state index in [1.807, 2.05) is 0 Å². The molecule has 2 heterocycles. The lowest BCUT2D eigenvalue weighted by Crippen LogP contribution is -2.46. The van der Waals surface area contributed by atoms with Crippen LogP contribution in [0, 0.1) is 4.78 Å². The van der Waals surface area contributed by atoms with E-state index >= 15 is 0 Å². The van der Waals surface area contributed by atoms with Crippen molar-refractivity contribution in [2.45, 2.75) is 4.90 Å². The number of para-hydroxylation sites is 1. The minimum Gasteiger partial charge on any atom is -0.341 e. The highest BCUT2D eigenvalue weighted by Gasteiger charge is 2.32. The van der Waals surface area contributed by atoms with Crippen molar-refractivity contribution in [1.82, 2.24) is 9.97 Å². The molecular formula is C20H18Cl2N6O2S. The Hall–Kier alpha value is -2.88. The molecule has 31 heavy (non-hydrogen) atoms. The number of fused-ring (bicyclic) bond motifs is 1. The molecule has 0 aliphatic carbocycles. The Balaban J connectivity index is 1.63. The number of amides is 1. The van der Waals surface area contributed by atoms with Crippen LogP contribution in [0.4, 0.5) is 23.1 Å². The van der Waals surface area contributed by atoms with Crippen molar-refractivity contribution < 1.29 is 9.00 Å². The van der Waals surface area contributed by atoms with Gasteiger partial charge in [0.05, 0.1) is 32.1 Å². The van der Waals surface area contributed by atoms with E-state index in [0.717, 1.165) is 0 Å². The molecular weight excluding hydrogens is 459 g/mol. The number of carbonyl (C=O) groups is 1. The number of hydrogen-bond acceptors (Lipinski definition) is 7. The van der Waals surface area contributed by atoms with Crippen LogP contribution in [0.5, 0.6) is 0 Å². The first kappa shape index (κ1) is 21.4. The monoisotopic (exact) mass is 476 g/mol. The summed E-state index contributed by atoms with van der Waals surface area (Å²) in [6.07, 6.45) is 2.82. The Labute approximate surface area is 189 Å². The summed E-state index contributed by atoms with van der Waals surface area (Å²) in [5.74, 6) is 0.479. The molecule has 0 bridgehead atoms. The van der Waals surface area contributed by atoms with Crippen LogP contribution < -0.4 is 15.1 Å². The number of halogens is 2. The number of nitrogens with zero attached hydrogens (tertiary/aromatic N) is 4. The lowest BCUT2D eigenvalue weighted by atomic mass is 10.2. The third kappa shape index (κ3) is 4.16. The number of hydrogen-bond donors (Lipinski definition) is 2. The molecule has 1 aromatic heterocycles. The van der Waals surface area contributed by atoms with Gasteiger partial charge in [-0.1, -0.05) is 29.3 Å². The van der Waals surface area contributed by atoms with E-state index < -0.39 is 9.73 Å². The van der Waals surface area contributed by atoms with E-state index in [4.69, 9.17) is 28.0 Å². The second-order valence-electron chi connectivity index (χ2n) is 7.07. The number of carbonyl (C=O) groups excluding carboxylic acids is 1. The van der Waals surface area contributed by atoms with E-state index in [2.05, 4.69) is 15.3 Å². The van der Waals surface area contributed by atoms with Crippen molar-refractivity contribution in [2.24, 2.45) is 0 Å². The average molecular weight is 477 g/mol. The van der Waals surface area contributed by atoms with Crippen LogP contribution in [0.1, 0.15) is 10.4 Å². The Kier molecular flexibility index (Phi) is 5.50. The van der Waals surface area contributed by atoms with Crippen LogP contribution in [0.3, 0.4) is 0 Å². The quantitative estimate of drug-likeness (QED) is 0.569.